The van der Waals surface area contributed by atoms with Crippen LogP contribution < -0.4 is 5.32 Å². The number of nitrogens with one attached hydrogen (secondary N) is 1. The fourth-order valence-electron chi connectivity index (χ4n) is 1.16. The third-order valence-corrected chi connectivity index (χ3v) is 3.08. The summed E-state index contributed by atoms with van der Waals surface area (Å²) in [6, 6.07) is 2.17. The molecule has 1 rings (SSSR count). The first kappa shape index (κ1) is 14.1. The van der Waals surface area contributed by atoms with E-state index >= 15 is 0 Å². The fourth-order valence-corrected chi connectivity index (χ4v) is 1.94. The van der Waals surface area contributed by atoms with Crippen LogP contribution in [0.15, 0.2) is 21.2 Å². The molecule has 0 aromatic carbocycles. The van der Waals surface area contributed by atoms with E-state index in [1.165, 1.54) is 17.8 Å². The first-order chi connectivity index (χ1) is 8.04. The van der Waals surface area contributed by atoms with Gasteiger partial charge in [-0.05, 0) is 46.5 Å². The molecular weight excluding hydrogens is 310 g/mol. The molecule has 0 bridgehead atoms. The first-order valence-electron chi connectivity index (χ1n) is 4.82. The lowest BCUT2D eigenvalue weighted by Crippen LogP contribution is -2.41. The smallest absolute Gasteiger partial charge is 0.326 e. The van der Waals surface area contributed by atoms with E-state index in [1.54, 1.807) is 6.07 Å². The van der Waals surface area contributed by atoms with Gasteiger partial charge in [-0.2, -0.15) is 11.8 Å². The number of furan rings is 1. The Morgan fingerprint density at radius 1 is 1.59 bits per heavy atom. The quantitative estimate of drug-likeness (QED) is 0.837. The number of thioether (sulfide) groups is 1. The van der Waals surface area contributed by atoms with Gasteiger partial charge >= 0.3 is 5.97 Å². The molecule has 0 aliphatic heterocycles. The molecule has 0 saturated carbocycles. The highest BCUT2D eigenvalue weighted by molar-refractivity contribution is 9.10. The van der Waals surface area contributed by atoms with Gasteiger partial charge in [0.15, 0.2) is 10.4 Å². The number of hydrogen-bond donors (Lipinski definition) is 2. The van der Waals surface area contributed by atoms with Crippen LogP contribution in [0.2, 0.25) is 0 Å². The van der Waals surface area contributed by atoms with Crippen molar-refractivity contribution < 1.29 is 19.1 Å². The van der Waals surface area contributed by atoms with Crippen molar-refractivity contribution in [3.63, 3.8) is 0 Å². The van der Waals surface area contributed by atoms with Gasteiger partial charge in [0.1, 0.15) is 6.04 Å². The summed E-state index contributed by atoms with van der Waals surface area (Å²) in [4.78, 5) is 22.6. The first-order valence-corrected chi connectivity index (χ1v) is 7.01. The Labute approximate surface area is 111 Å². The lowest BCUT2D eigenvalue weighted by Gasteiger charge is -2.12. The Kier molecular flexibility index (Phi) is 5.57. The van der Waals surface area contributed by atoms with Gasteiger partial charge in [0.05, 0.1) is 0 Å². The molecule has 1 aromatic heterocycles. The van der Waals surface area contributed by atoms with Crippen LogP contribution in [0.3, 0.4) is 0 Å². The fraction of sp³-hybridized carbons (Fsp3) is 0.400. The Hall–Kier alpha value is -0.950. The number of carbonyl (C=O) groups is 2. The molecule has 7 heteroatoms. The molecular formula is C10H12BrNO4S. The van der Waals surface area contributed by atoms with Gasteiger partial charge in [0.2, 0.25) is 0 Å². The monoisotopic (exact) mass is 321 g/mol. The standard InChI is InChI=1S/C10H12BrNO4S/c1-17-5-4-6(10(14)15)12-9(13)7-2-3-8(11)16-7/h2-3,6H,4-5H2,1H3,(H,12,13)(H,14,15). The number of carboxylic acids is 1. The van der Waals surface area contributed by atoms with Crippen molar-refractivity contribution in [1.29, 1.82) is 0 Å². The van der Waals surface area contributed by atoms with Crippen molar-refractivity contribution in [2.45, 2.75) is 12.5 Å². The van der Waals surface area contributed by atoms with Gasteiger partial charge in [0, 0.05) is 0 Å². The largest absolute Gasteiger partial charge is 0.480 e. The van der Waals surface area contributed by atoms with Crippen LogP contribution in [0.5, 0.6) is 0 Å². The maximum absolute atomic E-state index is 11.6. The molecule has 1 unspecified atom stereocenters. The summed E-state index contributed by atoms with van der Waals surface area (Å²) in [5.74, 6) is -0.812. The SMILES string of the molecule is CSCCC(NC(=O)c1ccc(Br)o1)C(=O)O. The molecule has 0 aliphatic rings. The van der Waals surface area contributed by atoms with Crippen molar-refractivity contribution in [3.8, 4) is 0 Å². The number of carbonyl (C=O) groups excluding carboxylic acids is 1. The van der Waals surface area contributed by atoms with Crippen molar-refractivity contribution in [2.24, 2.45) is 0 Å². The summed E-state index contributed by atoms with van der Waals surface area (Å²) < 4.78 is 5.47. The zero-order valence-electron chi connectivity index (χ0n) is 9.10. The van der Waals surface area contributed by atoms with Gasteiger partial charge in [-0.1, -0.05) is 0 Å². The zero-order valence-corrected chi connectivity index (χ0v) is 11.5. The second kappa shape index (κ2) is 6.70. The van der Waals surface area contributed by atoms with Gasteiger partial charge in [0.25, 0.3) is 5.91 Å². The molecule has 1 atom stereocenters. The molecule has 94 valence electrons. The zero-order chi connectivity index (χ0) is 12.8. The van der Waals surface area contributed by atoms with Crippen molar-refractivity contribution >= 4 is 39.6 Å². The van der Waals surface area contributed by atoms with Gasteiger partial charge in [-0.15, -0.1) is 0 Å². The molecule has 2 N–H and O–H groups in total. The maximum atomic E-state index is 11.6. The maximum Gasteiger partial charge on any atom is 0.326 e. The minimum atomic E-state index is -1.04. The molecule has 0 spiro atoms. The van der Waals surface area contributed by atoms with Crippen LogP contribution in [0.1, 0.15) is 17.0 Å². The second-order valence-electron chi connectivity index (χ2n) is 3.25. The molecule has 0 aliphatic carbocycles. The highest BCUT2D eigenvalue weighted by Crippen LogP contribution is 2.14. The van der Waals surface area contributed by atoms with E-state index in [9.17, 15) is 9.59 Å². The summed E-state index contributed by atoms with van der Waals surface area (Å²) in [6.07, 6.45) is 2.26. The lowest BCUT2D eigenvalue weighted by atomic mass is 10.2. The van der Waals surface area contributed by atoms with E-state index in [1.807, 2.05) is 6.26 Å². The van der Waals surface area contributed by atoms with Crippen molar-refractivity contribution in [3.05, 3.63) is 22.6 Å². The van der Waals surface area contributed by atoms with Crippen molar-refractivity contribution in [2.75, 3.05) is 12.0 Å². The Balaban J connectivity index is 2.60. The van der Waals surface area contributed by atoms with E-state index in [0.717, 1.165) is 0 Å². The van der Waals surface area contributed by atoms with Crippen LogP contribution in [-0.4, -0.2) is 35.0 Å². The molecule has 0 radical (unpaired) electrons. The second-order valence-corrected chi connectivity index (χ2v) is 5.02. The summed E-state index contributed by atoms with van der Waals surface area (Å²) in [6.45, 7) is 0. The van der Waals surface area contributed by atoms with Crippen molar-refractivity contribution in [1.82, 2.24) is 5.32 Å². The van der Waals surface area contributed by atoms with Crippen LogP contribution in [0, 0.1) is 0 Å². The molecule has 0 saturated heterocycles. The number of halogens is 1. The van der Waals surface area contributed by atoms with E-state index < -0.39 is 17.9 Å². The minimum Gasteiger partial charge on any atom is -0.480 e. The lowest BCUT2D eigenvalue weighted by molar-refractivity contribution is -0.139. The molecule has 1 amide bonds. The molecule has 0 fully saturated rings. The van der Waals surface area contributed by atoms with Gasteiger partial charge in [-0.3, -0.25) is 4.79 Å². The van der Waals surface area contributed by atoms with Gasteiger partial charge in [-0.25, -0.2) is 4.79 Å². The number of aliphatic carboxylic acids is 1. The number of carboxylic acid groups (broad SMARTS) is 1. The normalized spacial score (nSPS) is 12.1. The predicted octanol–water partition coefficient (Wildman–Crippen LogP) is 1.98. The summed E-state index contributed by atoms with van der Waals surface area (Å²) >= 11 is 4.60. The molecule has 1 heterocycles. The third-order valence-electron chi connectivity index (χ3n) is 2.01. The van der Waals surface area contributed by atoms with E-state index in [-0.39, 0.29) is 5.76 Å². The highest BCUT2D eigenvalue weighted by Gasteiger charge is 2.21. The van der Waals surface area contributed by atoms with Gasteiger partial charge < -0.3 is 14.8 Å². The van der Waals surface area contributed by atoms with Crippen LogP contribution in [0.4, 0.5) is 0 Å². The minimum absolute atomic E-state index is 0.0901. The number of hydrogen-bond acceptors (Lipinski definition) is 4. The molecule has 17 heavy (non-hydrogen) atoms. The van der Waals surface area contributed by atoms with Crippen LogP contribution >= 0.6 is 27.7 Å². The Bertz CT molecular complexity index is 407. The molecule has 1 aromatic rings. The van der Waals surface area contributed by atoms with Crippen LogP contribution in [-0.2, 0) is 4.79 Å². The molecule has 5 nitrogen and oxygen atoms in total. The predicted molar refractivity (Wildman–Crippen MR) is 68.3 cm³/mol. The average molecular weight is 322 g/mol. The summed E-state index contributed by atoms with van der Waals surface area (Å²) in [5, 5.41) is 11.4. The van der Waals surface area contributed by atoms with E-state index in [4.69, 9.17) is 9.52 Å². The highest BCUT2D eigenvalue weighted by atomic mass is 79.9. The topological polar surface area (TPSA) is 79.5 Å². The Morgan fingerprint density at radius 3 is 2.76 bits per heavy atom. The Morgan fingerprint density at radius 2 is 2.29 bits per heavy atom. The third kappa shape index (κ3) is 4.43. The summed E-state index contributed by atoms with van der Waals surface area (Å²) in [5.41, 5.74) is 0. The van der Waals surface area contributed by atoms with Crippen LogP contribution in [0.25, 0.3) is 0 Å². The number of rotatable bonds is 6. The summed E-state index contributed by atoms with van der Waals surface area (Å²) in [7, 11) is 0. The van der Waals surface area contributed by atoms with E-state index in [2.05, 4.69) is 21.2 Å². The van der Waals surface area contributed by atoms with E-state index in [0.29, 0.717) is 16.8 Å². The average Bonchev–Trinajstić information content (AvgIpc) is 2.70. The number of amides is 1.